The van der Waals surface area contributed by atoms with Crippen LogP contribution < -0.4 is 0 Å². The van der Waals surface area contributed by atoms with Gasteiger partial charge in [0.2, 0.25) is 10.0 Å². The molecule has 0 aliphatic rings. The van der Waals surface area contributed by atoms with Crippen molar-refractivity contribution in [2.75, 3.05) is 13.1 Å². The van der Waals surface area contributed by atoms with Crippen molar-refractivity contribution in [3.05, 3.63) is 59.9 Å². The third-order valence-electron chi connectivity index (χ3n) is 3.33. The molecule has 124 valence electrons. The van der Waals surface area contributed by atoms with E-state index in [2.05, 4.69) is 4.98 Å². The molecule has 1 heterocycles. The van der Waals surface area contributed by atoms with Crippen molar-refractivity contribution in [1.29, 1.82) is 0 Å². The van der Waals surface area contributed by atoms with Gasteiger partial charge in [-0.1, -0.05) is 13.0 Å². The minimum Gasteiger partial charge on any atom is -0.261 e. The van der Waals surface area contributed by atoms with Crippen molar-refractivity contribution < 1.29 is 17.2 Å². The number of hydrogen-bond donors (Lipinski definition) is 0. The SMILES string of the molecule is CCCN(CCc1ccccn1)S(=O)(=O)c1cc(F)ccc1F. The Hall–Kier alpha value is -1.86. The van der Waals surface area contributed by atoms with Crippen LogP contribution in [0.2, 0.25) is 0 Å². The minimum absolute atomic E-state index is 0.156. The average Bonchev–Trinajstić information content (AvgIpc) is 2.54. The van der Waals surface area contributed by atoms with Gasteiger partial charge in [-0.3, -0.25) is 4.98 Å². The molecule has 0 fully saturated rings. The molecule has 0 aliphatic heterocycles. The number of rotatable bonds is 7. The fourth-order valence-electron chi connectivity index (χ4n) is 2.20. The Morgan fingerprint density at radius 1 is 1.13 bits per heavy atom. The molecule has 0 radical (unpaired) electrons. The summed E-state index contributed by atoms with van der Waals surface area (Å²) in [5.41, 5.74) is 0.739. The largest absolute Gasteiger partial charge is 0.261 e. The molecule has 0 saturated carbocycles. The lowest BCUT2D eigenvalue weighted by atomic mass is 10.3. The second-order valence-electron chi connectivity index (χ2n) is 5.05. The molecule has 0 amide bonds. The molecule has 1 aromatic heterocycles. The van der Waals surface area contributed by atoms with Crippen molar-refractivity contribution in [2.24, 2.45) is 0 Å². The van der Waals surface area contributed by atoms with Gasteiger partial charge in [0.1, 0.15) is 16.5 Å². The van der Waals surface area contributed by atoms with E-state index in [0.717, 1.165) is 17.8 Å². The van der Waals surface area contributed by atoms with E-state index < -0.39 is 26.6 Å². The highest BCUT2D eigenvalue weighted by atomic mass is 32.2. The summed E-state index contributed by atoms with van der Waals surface area (Å²) < 4.78 is 53.6. The van der Waals surface area contributed by atoms with Crippen molar-refractivity contribution in [2.45, 2.75) is 24.7 Å². The van der Waals surface area contributed by atoms with Crippen LogP contribution in [0.15, 0.2) is 47.5 Å². The van der Waals surface area contributed by atoms with Crippen LogP contribution in [0, 0.1) is 11.6 Å². The summed E-state index contributed by atoms with van der Waals surface area (Å²) in [6, 6.07) is 7.81. The number of sulfonamides is 1. The van der Waals surface area contributed by atoms with Crippen LogP contribution in [0.5, 0.6) is 0 Å². The van der Waals surface area contributed by atoms with Gasteiger partial charge in [0.25, 0.3) is 0 Å². The van der Waals surface area contributed by atoms with Crippen LogP contribution in [0.3, 0.4) is 0 Å². The third kappa shape index (κ3) is 4.33. The predicted molar refractivity (Wildman–Crippen MR) is 83.3 cm³/mol. The second kappa shape index (κ2) is 7.61. The van der Waals surface area contributed by atoms with Crippen molar-refractivity contribution in [3.8, 4) is 0 Å². The number of nitrogens with zero attached hydrogens (tertiary/aromatic N) is 2. The van der Waals surface area contributed by atoms with E-state index in [1.807, 2.05) is 13.0 Å². The van der Waals surface area contributed by atoms with Crippen LogP contribution in [0.1, 0.15) is 19.0 Å². The first-order valence-electron chi connectivity index (χ1n) is 7.30. The summed E-state index contributed by atoms with van der Waals surface area (Å²) in [6.45, 7) is 2.21. The standard InChI is InChI=1S/C16H18F2N2O2S/c1-2-10-20(11-8-14-5-3-4-9-19-14)23(21,22)16-12-13(17)6-7-15(16)18/h3-7,9,12H,2,8,10-11H2,1H3. The summed E-state index contributed by atoms with van der Waals surface area (Å²) in [5, 5.41) is 0. The molecular weight excluding hydrogens is 322 g/mol. The van der Waals surface area contributed by atoms with Crippen LogP contribution in [0.4, 0.5) is 8.78 Å². The Morgan fingerprint density at radius 2 is 1.91 bits per heavy atom. The van der Waals surface area contributed by atoms with Crippen LogP contribution in [-0.4, -0.2) is 30.8 Å². The van der Waals surface area contributed by atoms with Gasteiger partial charge in [-0.2, -0.15) is 4.31 Å². The molecule has 0 bridgehead atoms. The maximum atomic E-state index is 13.8. The van der Waals surface area contributed by atoms with E-state index in [1.54, 1.807) is 18.3 Å². The predicted octanol–water partition coefficient (Wildman–Crippen LogP) is 3.00. The van der Waals surface area contributed by atoms with Crippen LogP contribution >= 0.6 is 0 Å². The first kappa shape index (κ1) is 17.5. The molecule has 4 nitrogen and oxygen atoms in total. The fraction of sp³-hybridized carbons (Fsp3) is 0.312. The molecule has 0 spiro atoms. The Labute approximate surface area is 134 Å². The maximum Gasteiger partial charge on any atom is 0.246 e. The van der Waals surface area contributed by atoms with E-state index in [9.17, 15) is 17.2 Å². The molecule has 0 saturated heterocycles. The highest BCUT2D eigenvalue weighted by Gasteiger charge is 2.27. The number of pyridine rings is 1. The van der Waals surface area contributed by atoms with Gasteiger partial charge in [0.05, 0.1) is 0 Å². The average molecular weight is 340 g/mol. The highest BCUT2D eigenvalue weighted by Crippen LogP contribution is 2.21. The molecule has 0 N–H and O–H groups in total. The summed E-state index contributed by atoms with van der Waals surface area (Å²) in [4.78, 5) is 3.51. The number of benzene rings is 1. The normalized spacial score (nSPS) is 11.8. The molecule has 0 atom stereocenters. The lowest BCUT2D eigenvalue weighted by Crippen LogP contribution is -2.34. The molecule has 0 aliphatic carbocycles. The Kier molecular flexibility index (Phi) is 5.79. The van der Waals surface area contributed by atoms with Gasteiger partial charge < -0.3 is 0 Å². The molecule has 1 aromatic carbocycles. The van der Waals surface area contributed by atoms with Crippen molar-refractivity contribution in [3.63, 3.8) is 0 Å². The van der Waals surface area contributed by atoms with E-state index in [-0.39, 0.29) is 13.1 Å². The molecule has 2 aromatic rings. The van der Waals surface area contributed by atoms with Gasteiger partial charge in [-0.25, -0.2) is 17.2 Å². The maximum absolute atomic E-state index is 13.8. The van der Waals surface area contributed by atoms with Gasteiger partial charge in [-0.05, 0) is 36.8 Å². The number of aromatic nitrogens is 1. The second-order valence-corrected chi connectivity index (χ2v) is 6.96. The lowest BCUT2D eigenvalue weighted by molar-refractivity contribution is 0.408. The Balaban J connectivity index is 2.26. The first-order chi connectivity index (χ1) is 10.9. The van der Waals surface area contributed by atoms with Gasteiger partial charge in [0, 0.05) is 31.4 Å². The monoisotopic (exact) mass is 340 g/mol. The van der Waals surface area contributed by atoms with Gasteiger partial charge in [0.15, 0.2) is 0 Å². The zero-order valence-electron chi connectivity index (χ0n) is 12.7. The van der Waals surface area contributed by atoms with E-state index in [4.69, 9.17) is 0 Å². The van der Waals surface area contributed by atoms with E-state index in [0.29, 0.717) is 18.9 Å². The summed E-state index contributed by atoms with van der Waals surface area (Å²) in [5.74, 6) is -1.74. The highest BCUT2D eigenvalue weighted by molar-refractivity contribution is 7.89. The summed E-state index contributed by atoms with van der Waals surface area (Å²) in [6.07, 6.45) is 2.59. The minimum atomic E-state index is -4.10. The Morgan fingerprint density at radius 3 is 2.57 bits per heavy atom. The molecular formula is C16H18F2N2O2S. The van der Waals surface area contributed by atoms with E-state index >= 15 is 0 Å². The number of halogens is 2. The zero-order chi connectivity index (χ0) is 16.9. The summed E-state index contributed by atoms with van der Waals surface area (Å²) >= 11 is 0. The van der Waals surface area contributed by atoms with Crippen molar-refractivity contribution >= 4 is 10.0 Å². The molecule has 0 unspecified atom stereocenters. The topological polar surface area (TPSA) is 50.3 Å². The van der Waals surface area contributed by atoms with Gasteiger partial charge >= 0.3 is 0 Å². The third-order valence-corrected chi connectivity index (χ3v) is 5.24. The van der Waals surface area contributed by atoms with Gasteiger partial charge in [-0.15, -0.1) is 0 Å². The smallest absolute Gasteiger partial charge is 0.246 e. The summed E-state index contributed by atoms with van der Waals surface area (Å²) in [7, 11) is -4.10. The zero-order valence-corrected chi connectivity index (χ0v) is 13.6. The number of hydrogen-bond acceptors (Lipinski definition) is 3. The Bertz CT molecular complexity index is 752. The lowest BCUT2D eigenvalue weighted by Gasteiger charge is -2.21. The fourth-order valence-corrected chi connectivity index (χ4v) is 3.81. The molecule has 7 heteroatoms. The van der Waals surface area contributed by atoms with E-state index in [1.165, 1.54) is 4.31 Å². The van der Waals surface area contributed by atoms with Crippen molar-refractivity contribution in [1.82, 2.24) is 9.29 Å². The molecule has 2 rings (SSSR count). The molecule has 23 heavy (non-hydrogen) atoms. The van der Waals surface area contributed by atoms with Crippen LogP contribution in [-0.2, 0) is 16.4 Å². The van der Waals surface area contributed by atoms with Crippen LogP contribution in [0.25, 0.3) is 0 Å². The first-order valence-corrected chi connectivity index (χ1v) is 8.74. The quantitative estimate of drug-likeness (QED) is 0.778.